The number of para-hydroxylation sites is 1. The monoisotopic (exact) mass is 412 g/mol. The van der Waals surface area contributed by atoms with Gasteiger partial charge in [0, 0.05) is 44.0 Å². The number of likely N-dealkylation sites (tertiary alicyclic amines) is 2. The third-order valence-corrected chi connectivity index (χ3v) is 6.10. The third-order valence-electron chi connectivity index (χ3n) is 6.10. The molecule has 2 saturated heterocycles. The normalized spacial score (nSPS) is 23.8. The first-order valence-electron chi connectivity index (χ1n) is 9.56. The Morgan fingerprint density at radius 1 is 1.07 bits per heavy atom. The Hall–Kier alpha value is -2.57. The third kappa shape index (κ3) is 3.36. The molecule has 29 heavy (non-hydrogen) atoms. The summed E-state index contributed by atoms with van der Waals surface area (Å²) < 4.78 is 13.8. The first-order valence-corrected chi connectivity index (χ1v) is 9.56. The van der Waals surface area contributed by atoms with E-state index in [0.717, 1.165) is 24.2 Å². The van der Waals surface area contributed by atoms with Crippen LogP contribution in [0.4, 0.5) is 4.39 Å². The number of fused-ring (bicyclic) bond motifs is 2. The number of carbonyl (C=O) groups is 1. The fourth-order valence-electron chi connectivity index (χ4n) is 4.95. The first-order chi connectivity index (χ1) is 13.6. The zero-order valence-electron chi connectivity index (χ0n) is 16.0. The predicted octanol–water partition coefficient (Wildman–Crippen LogP) is 3.57. The molecule has 0 radical (unpaired) electrons. The highest BCUT2D eigenvalue weighted by Gasteiger charge is 2.47. The van der Waals surface area contributed by atoms with Gasteiger partial charge in [0.05, 0.1) is 11.1 Å². The zero-order valence-corrected chi connectivity index (χ0v) is 16.8. The van der Waals surface area contributed by atoms with Gasteiger partial charge >= 0.3 is 0 Å². The van der Waals surface area contributed by atoms with Crippen LogP contribution in [0.1, 0.15) is 22.0 Å². The second-order valence-corrected chi connectivity index (χ2v) is 7.80. The molecular weight excluding hydrogens is 391 g/mol. The Labute approximate surface area is 175 Å². The van der Waals surface area contributed by atoms with Crippen molar-refractivity contribution in [1.29, 1.82) is 0 Å². The minimum Gasteiger partial charge on any atom is -0.338 e. The average molecular weight is 413 g/mol. The number of hydrogen-bond acceptors (Lipinski definition) is 4. The molecule has 3 heterocycles. The van der Waals surface area contributed by atoms with Crippen LogP contribution in [0.5, 0.6) is 0 Å². The lowest BCUT2D eigenvalue weighted by atomic mass is 9.89. The number of nitrogens with zero attached hydrogens (tertiary/aromatic N) is 4. The van der Waals surface area contributed by atoms with Crippen LogP contribution in [0.3, 0.4) is 0 Å². The van der Waals surface area contributed by atoms with Gasteiger partial charge in [-0.05, 0) is 42.8 Å². The Morgan fingerprint density at radius 3 is 2.69 bits per heavy atom. The smallest absolute Gasteiger partial charge is 0.256 e. The van der Waals surface area contributed by atoms with E-state index in [2.05, 4.69) is 21.9 Å². The minimum atomic E-state index is -0.213. The van der Waals surface area contributed by atoms with Crippen molar-refractivity contribution in [3.8, 4) is 0 Å². The molecule has 0 aliphatic carbocycles. The van der Waals surface area contributed by atoms with E-state index in [1.165, 1.54) is 6.07 Å². The van der Waals surface area contributed by atoms with Gasteiger partial charge in [-0.3, -0.25) is 19.7 Å². The maximum Gasteiger partial charge on any atom is 0.256 e. The average Bonchev–Trinajstić information content (AvgIpc) is 3.23. The van der Waals surface area contributed by atoms with E-state index in [-0.39, 0.29) is 30.2 Å². The number of carbonyl (C=O) groups excluding carboxylic acids is 1. The van der Waals surface area contributed by atoms with Gasteiger partial charge in [-0.2, -0.15) is 0 Å². The summed E-state index contributed by atoms with van der Waals surface area (Å²) in [6, 6.07) is 12.5. The Bertz CT molecular complexity index is 1060. The molecule has 0 spiro atoms. The summed E-state index contributed by atoms with van der Waals surface area (Å²) in [5.41, 5.74) is 2.96. The van der Waals surface area contributed by atoms with Gasteiger partial charge in [-0.25, -0.2) is 4.39 Å². The van der Waals surface area contributed by atoms with Crippen molar-refractivity contribution in [3.63, 3.8) is 0 Å². The highest BCUT2D eigenvalue weighted by Crippen LogP contribution is 2.44. The molecule has 0 saturated carbocycles. The van der Waals surface area contributed by atoms with Crippen molar-refractivity contribution in [2.24, 2.45) is 11.8 Å². The molecule has 2 fully saturated rings. The molecule has 0 N–H and O–H groups in total. The first kappa shape index (κ1) is 19.7. The molecule has 150 valence electrons. The fraction of sp³-hybridized carbons (Fsp3) is 0.318. The number of aromatic nitrogens is 2. The quantitative estimate of drug-likeness (QED) is 0.645. The minimum absolute atomic E-state index is 0. The van der Waals surface area contributed by atoms with Crippen molar-refractivity contribution < 1.29 is 9.18 Å². The zero-order chi connectivity index (χ0) is 19.3. The largest absolute Gasteiger partial charge is 0.338 e. The van der Waals surface area contributed by atoms with Crippen LogP contribution in [-0.4, -0.2) is 52.4 Å². The standard InChI is InChI=1S/C22H21FN4O.ClH/c1-26-11-15-12-27(13-18(15)21(26)14-4-2-5-16(23)10-14)22(28)17-6-3-7-19-20(17)25-9-8-24-19;/h2-10,15,18,21H,11-13H2,1H3;1H/t15-,18+,21-;/m0./s1. The molecule has 2 aliphatic heterocycles. The maximum absolute atomic E-state index is 13.8. The van der Waals surface area contributed by atoms with Crippen LogP contribution in [-0.2, 0) is 0 Å². The summed E-state index contributed by atoms with van der Waals surface area (Å²) in [5.74, 6) is 0.482. The molecule has 0 unspecified atom stereocenters. The van der Waals surface area contributed by atoms with E-state index in [1.807, 2.05) is 29.2 Å². The van der Waals surface area contributed by atoms with Gasteiger partial charge in [0.2, 0.25) is 0 Å². The molecular formula is C22H22ClFN4O. The Balaban J connectivity index is 0.00000205. The summed E-state index contributed by atoms with van der Waals surface area (Å²) in [6.45, 7) is 2.30. The summed E-state index contributed by atoms with van der Waals surface area (Å²) in [6.07, 6.45) is 3.25. The lowest BCUT2D eigenvalue weighted by Crippen LogP contribution is -2.33. The lowest BCUT2D eigenvalue weighted by molar-refractivity contribution is 0.0769. The molecule has 2 aromatic carbocycles. The van der Waals surface area contributed by atoms with Crippen molar-refractivity contribution in [2.45, 2.75) is 6.04 Å². The Morgan fingerprint density at radius 2 is 1.86 bits per heavy atom. The number of rotatable bonds is 2. The lowest BCUT2D eigenvalue weighted by Gasteiger charge is -2.27. The van der Waals surface area contributed by atoms with Crippen molar-refractivity contribution in [1.82, 2.24) is 19.8 Å². The summed E-state index contributed by atoms with van der Waals surface area (Å²) in [5, 5.41) is 0. The summed E-state index contributed by atoms with van der Waals surface area (Å²) in [7, 11) is 2.08. The van der Waals surface area contributed by atoms with Gasteiger partial charge in [-0.15, -0.1) is 12.4 Å². The van der Waals surface area contributed by atoms with Crippen molar-refractivity contribution in [2.75, 3.05) is 26.7 Å². The van der Waals surface area contributed by atoms with Crippen molar-refractivity contribution >= 4 is 29.3 Å². The molecule has 5 rings (SSSR count). The molecule has 5 nitrogen and oxygen atoms in total. The predicted molar refractivity (Wildman–Crippen MR) is 111 cm³/mol. The summed E-state index contributed by atoms with van der Waals surface area (Å²) >= 11 is 0. The SMILES string of the molecule is CN1C[C@H]2CN(C(=O)c3cccc4nccnc34)C[C@H]2[C@@H]1c1cccc(F)c1.Cl. The van der Waals surface area contributed by atoms with Gasteiger partial charge in [0.1, 0.15) is 11.3 Å². The highest BCUT2D eigenvalue weighted by atomic mass is 35.5. The molecule has 0 bridgehead atoms. The van der Waals surface area contributed by atoms with Crippen LogP contribution in [0, 0.1) is 17.7 Å². The summed E-state index contributed by atoms with van der Waals surface area (Å²) in [4.78, 5) is 26.1. The number of halogens is 2. The van der Waals surface area contributed by atoms with E-state index in [0.29, 0.717) is 29.5 Å². The van der Waals surface area contributed by atoms with E-state index < -0.39 is 0 Å². The van der Waals surface area contributed by atoms with Gasteiger partial charge in [0.25, 0.3) is 5.91 Å². The second kappa shape index (κ2) is 7.69. The molecule has 7 heteroatoms. The van der Waals surface area contributed by atoms with E-state index in [9.17, 15) is 9.18 Å². The molecule has 3 aromatic rings. The topological polar surface area (TPSA) is 49.3 Å². The fourth-order valence-corrected chi connectivity index (χ4v) is 4.95. The van der Waals surface area contributed by atoms with Crippen LogP contribution >= 0.6 is 12.4 Å². The van der Waals surface area contributed by atoms with Crippen molar-refractivity contribution in [3.05, 3.63) is 71.8 Å². The van der Waals surface area contributed by atoms with Crippen LogP contribution < -0.4 is 0 Å². The number of amides is 1. The van der Waals surface area contributed by atoms with Gasteiger partial charge < -0.3 is 4.90 Å². The van der Waals surface area contributed by atoms with E-state index in [1.54, 1.807) is 24.5 Å². The van der Waals surface area contributed by atoms with Crippen LogP contribution in [0.25, 0.3) is 11.0 Å². The van der Waals surface area contributed by atoms with E-state index >= 15 is 0 Å². The van der Waals surface area contributed by atoms with Gasteiger partial charge in [-0.1, -0.05) is 18.2 Å². The maximum atomic E-state index is 13.8. The second-order valence-electron chi connectivity index (χ2n) is 7.80. The molecule has 2 aliphatic rings. The molecule has 1 aromatic heterocycles. The van der Waals surface area contributed by atoms with E-state index in [4.69, 9.17) is 0 Å². The van der Waals surface area contributed by atoms with Gasteiger partial charge in [0.15, 0.2) is 0 Å². The molecule has 3 atom stereocenters. The number of benzene rings is 2. The van der Waals surface area contributed by atoms with Crippen LogP contribution in [0.15, 0.2) is 54.9 Å². The highest BCUT2D eigenvalue weighted by molar-refractivity contribution is 6.04. The van der Waals surface area contributed by atoms with Crippen LogP contribution in [0.2, 0.25) is 0 Å². The number of hydrogen-bond donors (Lipinski definition) is 0. The Kier molecular flexibility index (Phi) is 5.23. The molecule has 1 amide bonds.